The number of hydrogen-bond acceptors (Lipinski definition) is 2. The molecule has 3 rings (SSSR count). The minimum absolute atomic E-state index is 0.778. The number of aromatic nitrogens is 2. The number of ether oxygens (including phenoxy) is 1. The minimum Gasteiger partial charge on any atom is -0.496 e. The molecule has 4 heteroatoms. The molecule has 4 nitrogen and oxygen atoms in total. The zero-order valence-corrected chi connectivity index (χ0v) is 15.4. The van der Waals surface area contributed by atoms with Crippen LogP contribution in [0, 0.1) is 0 Å². The number of methoxy groups -OCH3 is 1. The van der Waals surface area contributed by atoms with Gasteiger partial charge in [0.15, 0.2) is 0 Å². The van der Waals surface area contributed by atoms with Crippen molar-refractivity contribution in [2.75, 3.05) is 13.7 Å². The van der Waals surface area contributed by atoms with Crippen LogP contribution in [0.25, 0.3) is 5.57 Å². The first-order valence-electron chi connectivity index (χ1n) is 9.08. The number of benzene rings is 1. The summed E-state index contributed by atoms with van der Waals surface area (Å²) >= 11 is 0. The van der Waals surface area contributed by atoms with E-state index >= 15 is 0 Å². The molecule has 1 aliphatic carbocycles. The highest BCUT2D eigenvalue weighted by Crippen LogP contribution is 2.28. The quantitative estimate of drug-likeness (QED) is 0.737. The van der Waals surface area contributed by atoms with Gasteiger partial charge in [0.1, 0.15) is 5.75 Å². The highest BCUT2D eigenvalue weighted by Gasteiger charge is 2.14. The molecule has 0 aliphatic heterocycles. The van der Waals surface area contributed by atoms with E-state index in [9.17, 15) is 0 Å². The number of H-pyrrole nitrogens is 1. The van der Waals surface area contributed by atoms with Crippen molar-refractivity contribution in [1.82, 2.24) is 9.78 Å². The SMILES string of the molecule is CCN=Cc1[nH]n(Cc2cc(C3=CCCC=C3)ccc2OC)c1CC. The van der Waals surface area contributed by atoms with Crippen molar-refractivity contribution in [2.45, 2.75) is 39.7 Å². The average Bonchev–Trinajstić information content (AvgIpc) is 2.65. The Morgan fingerprint density at radius 2 is 2.16 bits per heavy atom. The van der Waals surface area contributed by atoms with E-state index in [2.05, 4.69) is 58.1 Å². The van der Waals surface area contributed by atoms with Crippen molar-refractivity contribution in [3.8, 4) is 5.75 Å². The predicted octanol–water partition coefficient (Wildman–Crippen LogP) is 4.61. The van der Waals surface area contributed by atoms with Crippen LogP contribution < -0.4 is 4.74 Å². The summed E-state index contributed by atoms with van der Waals surface area (Å²) in [7, 11) is 1.73. The second-order valence-corrected chi connectivity index (χ2v) is 6.21. The highest BCUT2D eigenvalue weighted by molar-refractivity contribution is 5.79. The van der Waals surface area contributed by atoms with E-state index in [0.717, 1.165) is 43.8 Å². The molecule has 0 atom stereocenters. The summed E-state index contributed by atoms with van der Waals surface area (Å²) < 4.78 is 7.77. The number of aliphatic imine (C=N–C) groups is 1. The molecule has 0 unspecified atom stereocenters. The smallest absolute Gasteiger partial charge is 0.123 e. The first kappa shape index (κ1) is 17.3. The Kier molecular flexibility index (Phi) is 5.59. The van der Waals surface area contributed by atoms with Crippen LogP contribution in [-0.2, 0) is 13.0 Å². The fourth-order valence-electron chi connectivity index (χ4n) is 3.25. The van der Waals surface area contributed by atoms with Crippen molar-refractivity contribution in [3.63, 3.8) is 0 Å². The molecule has 1 aromatic carbocycles. The van der Waals surface area contributed by atoms with Gasteiger partial charge < -0.3 is 4.74 Å². The molecule has 0 spiro atoms. The summed E-state index contributed by atoms with van der Waals surface area (Å²) in [5.41, 5.74) is 6.15. The van der Waals surface area contributed by atoms with E-state index in [1.165, 1.54) is 22.4 Å². The van der Waals surface area contributed by atoms with Gasteiger partial charge in [0.05, 0.1) is 25.0 Å². The minimum atomic E-state index is 0.778. The van der Waals surface area contributed by atoms with Gasteiger partial charge in [0.25, 0.3) is 0 Å². The van der Waals surface area contributed by atoms with Crippen LogP contribution in [0.3, 0.4) is 0 Å². The number of hydrogen-bond donors (Lipinski definition) is 1. The lowest BCUT2D eigenvalue weighted by Gasteiger charge is -2.22. The van der Waals surface area contributed by atoms with Gasteiger partial charge in [-0.05, 0) is 49.5 Å². The van der Waals surface area contributed by atoms with E-state index in [4.69, 9.17) is 4.74 Å². The zero-order chi connectivity index (χ0) is 17.6. The van der Waals surface area contributed by atoms with Gasteiger partial charge in [-0.1, -0.05) is 31.2 Å². The second kappa shape index (κ2) is 8.06. The number of allylic oxidation sites excluding steroid dienone is 4. The maximum Gasteiger partial charge on any atom is 0.123 e. The number of rotatable bonds is 7. The number of nitrogens with one attached hydrogen (secondary N) is 1. The summed E-state index contributed by atoms with van der Waals surface area (Å²) in [6, 6.07) is 6.46. The number of nitrogens with zero attached hydrogens (tertiary/aromatic N) is 2. The Hall–Kier alpha value is -2.49. The Balaban J connectivity index is 1.87. The molecule has 1 aliphatic rings. The normalized spacial score (nSPS) is 14.3. The van der Waals surface area contributed by atoms with E-state index < -0.39 is 0 Å². The fraction of sp³-hybridized carbons (Fsp3) is 0.381. The lowest BCUT2D eigenvalue weighted by molar-refractivity contribution is 0.405. The van der Waals surface area contributed by atoms with Crippen LogP contribution in [0.1, 0.15) is 49.2 Å². The molecule has 0 amide bonds. The lowest BCUT2D eigenvalue weighted by atomic mass is 9.97. The van der Waals surface area contributed by atoms with Crippen molar-refractivity contribution in [3.05, 3.63) is 58.9 Å². The Labute approximate surface area is 149 Å². The number of aromatic amines is 1. The van der Waals surface area contributed by atoms with Gasteiger partial charge >= 0.3 is 0 Å². The summed E-state index contributed by atoms with van der Waals surface area (Å²) in [6.45, 7) is 5.80. The third kappa shape index (κ3) is 3.78. The molecule has 1 heterocycles. The van der Waals surface area contributed by atoms with E-state index in [0.29, 0.717) is 0 Å². The molecular weight excluding hydrogens is 310 g/mol. The molecule has 0 bridgehead atoms. The molecular formula is C21H27N3O. The molecule has 25 heavy (non-hydrogen) atoms. The zero-order valence-electron chi connectivity index (χ0n) is 15.4. The monoisotopic (exact) mass is 337 g/mol. The van der Waals surface area contributed by atoms with Crippen molar-refractivity contribution >= 4 is 11.8 Å². The maximum atomic E-state index is 5.58. The van der Waals surface area contributed by atoms with Gasteiger partial charge in [0, 0.05) is 18.3 Å². The lowest BCUT2D eigenvalue weighted by Crippen LogP contribution is -2.22. The van der Waals surface area contributed by atoms with Crippen LogP contribution in [0.4, 0.5) is 0 Å². The largest absolute Gasteiger partial charge is 0.496 e. The molecule has 0 fully saturated rings. The Bertz CT molecular complexity index is 805. The predicted molar refractivity (Wildman–Crippen MR) is 105 cm³/mol. The van der Waals surface area contributed by atoms with Crippen LogP contribution in [-0.4, -0.2) is 29.6 Å². The Morgan fingerprint density at radius 1 is 1.28 bits per heavy atom. The molecule has 0 saturated carbocycles. The summed E-state index contributed by atoms with van der Waals surface area (Å²) in [4.78, 5) is 4.33. The summed E-state index contributed by atoms with van der Waals surface area (Å²) in [6.07, 6.45) is 11.9. The van der Waals surface area contributed by atoms with Crippen LogP contribution in [0.15, 0.2) is 41.4 Å². The van der Waals surface area contributed by atoms with Crippen molar-refractivity contribution < 1.29 is 4.74 Å². The first-order valence-corrected chi connectivity index (χ1v) is 9.08. The summed E-state index contributed by atoms with van der Waals surface area (Å²) in [5, 5.41) is 3.39. The molecule has 1 N–H and O–H groups in total. The third-order valence-corrected chi connectivity index (χ3v) is 4.57. The van der Waals surface area contributed by atoms with Gasteiger partial charge in [-0.25, -0.2) is 0 Å². The van der Waals surface area contributed by atoms with Gasteiger partial charge in [-0.2, -0.15) is 0 Å². The molecule has 2 aromatic rings. The molecule has 0 saturated heterocycles. The van der Waals surface area contributed by atoms with Gasteiger partial charge in [-0.15, -0.1) is 0 Å². The fourth-order valence-corrected chi connectivity index (χ4v) is 3.25. The Morgan fingerprint density at radius 3 is 2.84 bits per heavy atom. The van der Waals surface area contributed by atoms with Gasteiger partial charge in [0.2, 0.25) is 0 Å². The van der Waals surface area contributed by atoms with Crippen molar-refractivity contribution in [2.24, 2.45) is 4.99 Å². The molecule has 1 aromatic heterocycles. The summed E-state index contributed by atoms with van der Waals surface area (Å²) in [5.74, 6) is 0.928. The van der Waals surface area contributed by atoms with Crippen LogP contribution >= 0.6 is 0 Å². The second-order valence-electron chi connectivity index (χ2n) is 6.21. The molecule has 0 radical (unpaired) electrons. The van der Waals surface area contributed by atoms with E-state index in [-0.39, 0.29) is 0 Å². The highest BCUT2D eigenvalue weighted by atomic mass is 16.5. The van der Waals surface area contributed by atoms with E-state index in [1.54, 1.807) is 7.11 Å². The maximum absolute atomic E-state index is 5.58. The van der Waals surface area contributed by atoms with Crippen molar-refractivity contribution in [1.29, 1.82) is 0 Å². The average molecular weight is 337 g/mol. The first-order chi connectivity index (χ1) is 12.3. The van der Waals surface area contributed by atoms with E-state index in [1.807, 2.05) is 13.1 Å². The van der Waals surface area contributed by atoms with Crippen LogP contribution in [0.2, 0.25) is 0 Å². The third-order valence-electron chi connectivity index (χ3n) is 4.57. The standard InChI is InChI=1S/C21H27N3O/c1-4-20-19(14-22-5-2)23-24(20)15-18-13-17(11-12-21(18)25-3)16-9-7-6-8-10-16/h7,9-14,23H,4-6,8,15H2,1-3H3. The topological polar surface area (TPSA) is 42.3 Å². The van der Waals surface area contributed by atoms with Gasteiger partial charge in [-0.3, -0.25) is 14.8 Å². The van der Waals surface area contributed by atoms with Crippen LogP contribution in [0.5, 0.6) is 5.75 Å². The molecule has 132 valence electrons.